The first-order valence-corrected chi connectivity index (χ1v) is 5.32. The third-order valence-corrected chi connectivity index (χ3v) is 2.42. The Hall–Kier alpha value is -2.08. The van der Waals surface area contributed by atoms with E-state index in [0.29, 0.717) is 0 Å². The normalized spacial score (nSPS) is 10.6. The number of nitrogens with two attached hydrogens (primary N) is 1. The van der Waals surface area contributed by atoms with Gasteiger partial charge in [0.15, 0.2) is 29.0 Å². The maximum atomic E-state index is 13.6. The van der Waals surface area contributed by atoms with Crippen molar-refractivity contribution in [2.24, 2.45) is 5.73 Å². The van der Waals surface area contributed by atoms with Crippen LogP contribution in [-0.4, -0.2) is 0 Å². The van der Waals surface area contributed by atoms with Gasteiger partial charge in [0.25, 0.3) is 0 Å². The lowest BCUT2D eigenvalue weighted by molar-refractivity contribution is 0.375. The van der Waals surface area contributed by atoms with E-state index in [1.54, 1.807) is 0 Å². The minimum atomic E-state index is -1.32. The molecule has 0 bridgehead atoms. The smallest absolute Gasteiger partial charge is 0.201 e. The Morgan fingerprint density at radius 1 is 0.947 bits per heavy atom. The SMILES string of the molecule is NCc1cc(F)c(Oc2cccc(F)c2F)c(F)c1. The molecular formula is C13H9F4NO. The van der Waals surface area contributed by atoms with Crippen molar-refractivity contribution in [1.82, 2.24) is 0 Å². The summed E-state index contributed by atoms with van der Waals surface area (Å²) in [6, 6.07) is 5.03. The molecule has 0 saturated carbocycles. The summed E-state index contributed by atoms with van der Waals surface area (Å²) >= 11 is 0. The van der Waals surface area contributed by atoms with Crippen LogP contribution in [0.2, 0.25) is 0 Å². The highest BCUT2D eigenvalue weighted by molar-refractivity contribution is 5.36. The Morgan fingerprint density at radius 2 is 1.58 bits per heavy atom. The second-order valence-corrected chi connectivity index (χ2v) is 3.75. The second kappa shape index (κ2) is 5.27. The van der Waals surface area contributed by atoms with Gasteiger partial charge in [0.1, 0.15) is 0 Å². The van der Waals surface area contributed by atoms with Crippen molar-refractivity contribution in [3.8, 4) is 11.5 Å². The summed E-state index contributed by atoms with van der Waals surface area (Å²) < 4.78 is 58.2. The molecule has 2 rings (SSSR count). The number of ether oxygens (including phenoxy) is 1. The fourth-order valence-corrected chi connectivity index (χ4v) is 1.50. The van der Waals surface area contributed by atoms with E-state index in [1.807, 2.05) is 0 Å². The van der Waals surface area contributed by atoms with Crippen LogP contribution >= 0.6 is 0 Å². The second-order valence-electron chi connectivity index (χ2n) is 3.75. The van der Waals surface area contributed by atoms with Gasteiger partial charge in [-0.2, -0.15) is 4.39 Å². The van der Waals surface area contributed by atoms with Gasteiger partial charge >= 0.3 is 0 Å². The molecule has 0 amide bonds. The van der Waals surface area contributed by atoms with Crippen molar-refractivity contribution in [2.45, 2.75) is 6.54 Å². The Balaban J connectivity index is 2.41. The summed E-state index contributed by atoms with van der Waals surface area (Å²) in [7, 11) is 0. The zero-order chi connectivity index (χ0) is 14.0. The molecule has 2 nitrogen and oxygen atoms in total. The van der Waals surface area contributed by atoms with Crippen molar-refractivity contribution in [1.29, 1.82) is 0 Å². The van der Waals surface area contributed by atoms with Gasteiger partial charge in [-0.3, -0.25) is 0 Å². The van der Waals surface area contributed by atoms with E-state index in [9.17, 15) is 17.6 Å². The minimum Gasteiger partial charge on any atom is -0.448 e. The van der Waals surface area contributed by atoms with Gasteiger partial charge in [-0.25, -0.2) is 13.2 Å². The monoisotopic (exact) mass is 271 g/mol. The molecule has 0 spiro atoms. The molecule has 2 aromatic rings. The predicted molar refractivity (Wildman–Crippen MR) is 60.7 cm³/mol. The number of halogens is 4. The van der Waals surface area contributed by atoms with Crippen LogP contribution in [0.3, 0.4) is 0 Å². The van der Waals surface area contributed by atoms with Gasteiger partial charge in [0.2, 0.25) is 5.82 Å². The minimum absolute atomic E-state index is 0.0531. The van der Waals surface area contributed by atoms with Crippen LogP contribution in [0.4, 0.5) is 17.6 Å². The maximum Gasteiger partial charge on any atom is 0.201 e. The van der Waals surface area contributed by atoms with Gasteiger partial charge in [-0.1, -0.05) is 6.07 Å². The molecule has 0 aliphatic heterocycles. The molecule has 0 saturated heterocycles. The molecule has 0 fully saturated rings. The van der Waals surface area contributed by atoms with Crippen LogP contribution in [0, 0.1) is 23.3 Å². The molecule has 0 atom stereocenters. The van der Waals surface area contributed by atoms with Crippen LogP contribution in [-0.2, 0) is 6.54 Å². The number of hydrogen-bond donors (Lipinski definition) is 1. The van der Waals surface area contributed by atoms with Gasteiger partial charge in [-0.05, 0) is 29.8 Å². The van der Waals surface area contributed by atoms with Gasteiger partial charge in [0.05, 0.1) is 0 Å². The van der Waals surface area contributed by atoms with Crippen LogP contribution in [0.15, 0.2) is 30.3 Å². The fraction of sp³-hybridized carbons (Fsp3) is 0.0769. The molecule has 0 aliphatic carbocycles. The number of benzene rings is 2. The van der Waals surface area contributed by atoms with Crippen molar-refractivity contribution < 1.29 is 22.3 Å². The zero-order valence-electron chi connectivity index (χ0n) is 9.59. The van der Waals surface area contributed by atoms with Crippen LogP contribution < -0.4 is 10.5 Å². The van der Waals surface area contributed by atoms with Crippen LogP contribution in [0.5, 0.6) is 11.5 Å². The van der Waals surface area contributed by atoms with Gasteiger partial charge < -0.3 is 10.5 Å². The van der Waals surface area contributed by atoms with Gasteiger partial charge in [0, 0.05) is 6.54 Å². The lowest BCUT2D eigenvalue weighted by Gasteiger charge is -2.10. The summed E-state index contributed by atoms with van der Waals surface area (Å²) in [6.07, 6.45) is 0. The summed E-state index contributed by atoms with van der Waals surface area (Å²) in [5.41, 5.74) is 5.47. The third-order valence-electron chi connectivity index (χ3n) is 2.42. The Labute approximate surface area is 106 Å². The molecule has 0 aromatic heterocycles. The van der Waals surface area contributed by atoms with Crippen molar-refractivity contribution >= 4 is 0 Å². The molecule has 0 unspecified atom stereocenters. The number of rotatable bonds is 3. The average molecular weight is 271 g/mol. The average Bonchev–Trinajstić information content (AvgIpc) is 2.38. The molecule has 0 aliphatic rings. The molecule has 19 heavy (non-hydrogen) atoms. The fourth-order valence-electron chi connectivity index (χ4n) is 1.50. The van der Waals surface area contributed by atoms with Crippen LogP contribution in [0.1, 0.15) is 5.56 Å². The van der Waals surface area contributed by atoms with Crippen molar-refractivity contribution in [3.63, 3.8) is 0 Å². The highest BCUT2D eigenvalue weighted by Crippen LogP contribution is 2.30. The van der Waals surface area contributed by atoms with E-state index in [1.165, 1.54) is 0 Å². The predicted octanol–water partition coefficient (Wildman–Crippen LogP) is 3.49. The zero-order valence-corrected chi connectivity index (χ0v) is 9.59. The largest absolute Gasteiger partial charge is 0.448 e. The molecule has 2 aromatic carbocycles. The first-order chi connectivity index (χ1) is 9.02. The Kier molecular flexibility index (Phi) is 3.71. The van der Waals surface area contributed by atoms with Crippen molar-refractivity contribution in [2.75, 3.05) is 0 Å². The highest BCUT2D eigenvalue weighted by Gasteiger charge is 2.16. The van der Waals surface area contributed by atoms with Crippen molar-refractivity contribution in [3.05, 3.63) is 59.2 Å². The molecule has 0 radical (unpaired) electrons. The first kappa shape index (κ1) is 13.4. The number of hydrogen-bond acceptors (Lipinski definition) is 2. The summed E-state index contributed by atoms with van der Waals surface area (Å²) in [4.78, 5) is 0. The molecule has 2 N–H and O–H groups in total. The lowest BCUT2D eigenvalue weighted by Crippen LogP contribution is -2.01. The van der Waals surface area contributed by atoms with E-state index in [4.69, 9.17) is 10.5 Å². The van der Waals surface area contributed by atoms with E-state index >= 15 is 0 Å². The van der Waals surface area contributed by atoms with E-state index in [0.717, 1.165) is 30.3 Å². The standard InChI is InChI=1S/C13H9F4NO/c14-8-2-1-3-11(12(8)17)19-13-9(15)4-7(6-18)5-10(13)16/h1-5H,6,18H2. The van der Waals surface area contributed by atoms with E-state index in [2.05, 4.69) is 0 Å². The maximum absolute atomic E-state index is 13.6. The molecular weight excluding hydrogens is 262 g/mol. The Morgan fingerprint density at radius 3 is 2.16 bits per heavy atom. The van der Waals surface area contributed by atoms with Gasteiger partial charge in [-0.15, -0.1) is 0 Å². The quantitative estimate of drug-likeness (QED) is 0.867. The third kappa shape index (κ3) is 2.68. The van der Waals surface area contributed by atoms with Crippen LogP contribution in [0.25, 0.3) is 0 Å². The first-order valence-electron chi connectivity index (χ1n) is 5.32. The Bertz CT molecular complexity index is 593. The van der Waals surface area contributed by atoms with E-state index < -0.39 is 34.8 Å². The molecule has 0 heterocycles. The topological polar surface area (TPSA) is 35.2 Å². The summed E-state index contributed by atoms with van der Waals surface area (Å²) in [6.45, 7) is -0.0531. The van der Waals surface area contributed by atoms with E-state index in [-0.39, 0.29) is 12.1 Å². The lowest BCUT2D eigenvalue weighted by atomic mass is 10.2. The summed E-state index contributed by atoms with van der Waals surface area (Å²) in [5, 5.41) is 0. The molecule has 6 heteroatoms. The highest BCUT2D eigenvalue weighted by atomic mass is 19.2. The molecule has 100 valence electrons. The summed E-state index contributed by atoms with van der Waals surface area (Å²) in [5.74, 6) is -5.96.